The van der Waals surface area contributed by atoms with Crippen molar-refractivity contribution in [2.24, 2.45) is 0 Å². The number of carbonyl (C=O) groups is 2. The van der Waals surface area contributed by atoms with Crippen molar-refractivity contribution < 1.29 is 24.2 Å². The Balaban J connectivity index is 1.91. The number of hydrogen-bond donors (Lipinski definition) is 1. The minimum atomic E-state index is -0.928. The lowest BCUT2D eigenvalue weighted by molar-refractivity contribution is -0.151. The Bertz CT molecular complexity index is 548. The Morgan fingerprint density at radius 3 is 2.74 bits per heavy atom. The lowest BCUT2D eigenvalue weighted by Gasteiger charge is -2.33. The van der Waals surface area contributed by atoms with Crippen molar-refractivity contribution >= 4 is 23.6 Å². The molecule has 0 saturated carbocycles. The normalized spacial score (nSPS) is 19.2. The number of ether oxygens (including phenoxy) is 2. The lowest BCUT2D eigenvalue weighted by Crippen LogP contribution is -2.50. The lowest BCUT2D eigenvalue weighted by atomic mass is 10.2. The molecule has 1 aromatic carbocycles. The molecule has 0 bridgehead atoms. The topological polar surface area (TPSA) is 76.1 Å². The van der Waals surface area contributed by atoms with Gasteiger partial charge in [-0.15, -0.1) is 11.8 Å². The average Bonchev–Trinajstić information content (AvgIpc) is 2.54. The molecular weight excluding hydrogens is 318 g/mol. The van der Waals surface area contributed by atoms with Crippen LogP contribution in [0.15, 0.2) is 29.2 Å². The Morgan fingerprint density at radius 2 is 2.13 bits per heavy atom. The summed E-state index contributed by atoms with van der Waals surface area (Å²) in [6.07, 6.45) is 0.806. The molecule has 7 heteroatoms. The van der Waals surface area contributed by atoms with Crippen molar-refractivity contribution in [1.29, 1.82) is 0 Å². The number of thioether (sulfide) groups is 1. The first-order valence-corrected chi connectivity index (χ1v) is 8.65. The van der Waals surface area contributed by atoms with E-state index in [0.29, 0.717) is 18.9 Å². The maximum atomic E-state index is 12.5. The predicted octanol–water partition coefficient (Wildman–Crippen LogP) is 1.88. The summed E-state index contributed by atoms with van der Waals surface area (Å²) < 4.78 is 11.1. The third-order valence-corrected chi connectivity index (χ3v) is 4.32. The standard InChI is InChI=1S/C16H21NO5S/c1-11(22-12-3-5-14(23-2)6-4-12)16(20)17-7-8-21-13(10-17)9-15(18)19/h3-6,11,13H,7-10H2,1-2H3,(H,18,19). The summed E-state index contributed by atoms with van der Waals surface area (Å²) >= 11 is 1.64. The number of carbonyl (C=O) groups excluding carboxylic acids is 1. The molecule has 0 radical (unpaired) electrons. The van der Waals surface area contributed by atoms with Crippen LogP contribution >= 0.6 is 11.8 Å². The Kier molecular flexibility index (Phi) is 6.29. The molecule has 1 amide bonds. The summed E-state index contributed by atoms with van der Waals surface area (Å²) in [4.78, 5) is 25.9. The number of amides is 1. The SMILES string of the molecule is CSc1ccc(OC(C)C(=O)N2CCOC(CC(=O)O)C2)cc1. The highest BCUT2D eigenvalue weighted by Gasteiger charge is 2.29. The van der Waals surface area contributed by atoms with E-state index in [1.165, 1.54) is 0 Å². The molecule has 1 fully saturated rings. The zero-order chi connectivity index (χ0) is 16.8. The van der Waals surface area contributed by atoms with Gasteiger partial charge < -0.3 is 19.5 Å². The molecule has 0 aliphatic carbocycles. The Morgan fingerprint density at radius 1 is 1.43 bits per heavy atom. The third-order valence-electron chi connectivity index (χ3n) is 3.57. The number of morpholine rings is 1. The quantitative estimate of drug-likeness (QED) is 0.798. The van der Waals surface area contributed by atoms with Gasteiger partial charge >= 0.3 is 5.97 Å². The molecule has 1 saturated heterocycles. The summed E-state index contributed by atoms with van der Waals surface area (Å²) in [6, 6.07) is 7.55. The number of aliphatic carboxylic acids is 1. The molecule has 0 spiro atoms. The molecule has 1 N–H and O–H groups in total. The maximum Gasteiger partial charge on any atom is 0.306 e. The number of nitrogens with zero attached hydrogens (tertiary/aromatic N) is 1. The third kappa shape index (κ3) is 5.14. The van der Waals surface area contributed by atoms with Gasteiger partial charge in [-0.1, -0.05) is 0 Å². The van der Waals surface area contributed by atoms with E-state index in [1.807, 2.05) is 30.5 Å². The summed E-state index contributed by atoms with van der Waals surface area (Å²) in [7, 11) is 0. The second-order valence-electron chi connectivity index (χ2n) is 5.31. The predicted molar refractivity (Wildman–Crippen MR) is 86.9 cm³/mol. The average molecular weight is 339 g/mol. The molecular formula is C16H21NO5S. The van der Waals surface area contributed by atoms with Crippen LogP contribution in [-0.2, 0) is 14.3 Å². The van der Waals surface area contributed by atoms with Crippen LogP contribution in [0.4, 0.5) is 0 Å². The molecule has 1 aromatic rings. The van der Waals surface area contributed by atoms with Gasteiger partial charge in [0, 0.05) is 18.0 Å². The van der Waals surface area contributed by atoms with Crippen LogP contribution in [0.5, 0.6) is 5.75 Å². The number of rotatable bonds is 6. The van der Waals surface area contributed by atoms with Gasteiger partial charge in [-0.2, -0.15) is 0 Å². The summed E-state index contributed by atoms with van der Waals surface area (Å²) in [5, 5.41) is 8.83. The monoisotopic (exact) mass is 339 g/mol. The first-order chi connectivity index (χ1) is 11.0. The van der Waals surface area contributed by atoms with E-state index in [4.69, 9.17) is 14.6 Å². The minimum Gasteiger partial charge on any atom is -0.481 e. The largest absolute Gasteiger partial charge is 0.481 e. The highest BCUT2D eigenvalue weighted by atomic mass is 32.2. The smallest absolute Gasteiger partial charge is 0.306 e. The first-order valence-electron chi connectivity index (χ1n) is 7.42. The second-order valence-corrected chi connectivity index (χ2v) is 6.19. The summed E-state index contributed by atoms with van der Waals surface area (Å²) in [5.74, 6) is -0.445. The van der Waals surface area contributed by atoms with Gasteiger partial charge in [0.1, 0.15) is 5.75 Å². The van der Waals surface area contributed by atoms with Crippen molar-refractivity contribution in [3.63, 3.8) is 0 Å². The fourth-order valence-electron chi connectivity index (χ4n) is 2.40. The molecule has 1 heterocycles. The number of carboxylic acid groups (broad SMARTS) is 1. The van der Waals surface area contributed by atoms with Crippen molar-refractivity contribution in [1.82, 2.24) is 4.90 Å². The van der Waals surface area contributed by atoms with E-state index in [-0.39, 0.29) is 18.9 Å². The van der Waals surface area contributed by atoms with Gasteiger partial charge in [0.2, 0.25) is 0 Å². The Hall–Kier alpha value is -1.73. The number of benzene rings is 1. The van der Waals surface area contributed by atoms with Crippen LogP contribution in [0.3, 0.4) is 0 Å². The maximum absolute atomic E-state index is 12.5. The molecule has 6 nitrogen and oxygen atoms in total. The van der Waals surface area contributed by atoms with Crippen LogP contribution in [0.1, 0.15) is 13.3 Å². The second kappa shape index (κ2) is 8.21. The van der Waals surface area contributed by atoms with E-state index in [0.717, 1.165) is 4.90 Å². The molecule has 1 aliphatic rings. The van der Waals surface area contributed by atoms with Crippen molar-refractivity contribution in [3.8, 4) is 5.75 Å². The van der Waals surface area contributed by atoms with Crippen LogP contribution in [0.25, 0.3) is 0 Å². The van der Waals surface area contributed by atoms with Crippen LogP contribution < -0.4 is 4.74 Å². The van der Waals surface area contributed by atoms with Crippen molar-refractivity contribution in [2.75, 3.05) is 26.0 Å². The van der Waals surface area contributed by atoms with Gasteiger partial charge in [-0.3, -0.25) is 9.59 Å². The van der Waals surface area contributed by atoms with E-state index in [2.05, 4.69) is 0 Å². The van der Waals surface area contributed by atoms with E-state index in [9.17, 15) is 9.59 Å². The summed E-state index contributed by atoms with van der Waals surface area (Å²) in [6.45, 7) is 2.78. The Labute approximate surface area is 139 Å². The van der Waals surface area contributed by atoms with Gasteiger partial charge in [0.05, 0.1) is 19.1 Å². The molecule has 0 aromatic heterocycles. The van der Waals surface area contributed by atoms with Crippen LogP contribution in [0.2, 0.25) is 0 Å². The van der Waals surface area contributed by atoms with Gasteiger partial charge in [0.15, 0.2) is 6.10 Å². The van der Waals surface area contributed by atoms with E-state index < -0.39 is 18.2 Å². The minimum absolute atomic E-state index is 0.102. The van der Waals surface area contributed by atoms with Gasteiger partial charge in [-0.05, 0) is 37.4 Å². The molecule has 23 heavy (non-hydrogen) atoms. The van der Waals surface area contributed by atoms with Crippen molar-refractivity contribution in [3.05, 3.63) is 24.3 Å². The fourth-order valence-corrected chi connectivity index (χ4v) is 2.81. The highest BCUT2D eigenvalue weighted by Crippen LogP contribution is 2.20. The zero-order valence-corrected chi connectivity index (χ0v) is 14.0. The highest BCUT2D eigenvalue weighted by molar-refractivity contribution is 7.98. The van der Waals surface area contributed by atoms with E-state index in [1.54, 1.807) is 23.6 Å². The van der Waals surface area contributed by atoms with Gasteiger partial charge in [-0.25, -0.2) is 0 Å². The van der Waals surface area contributed by atoms with E-state index >= 15 is 0 Å². The summed E-state index contributed by atoms with van der Waals surface area (Å²) in [5.41, 5.74) is 0. The molecule has 2 rings (SSSR count). The van der Waals surface area contributed by atoms with Crippen molar-refractivity contribution in [2.45, 2.75) is 30.4 Å². The first kappa shape index (κ1) is 17.6. The molecule has 2 unspecified atom stereocenters. The van der Waals surface area contributed by atoms with Crippen LogP contribution in [-0.4, -0.2) is 60.0 Å². The molecule has 2 atom stereocenters. The fraction of sp³-hybridized carbons (Fsp3) is 0.500. The number of hydrogen-bond acceptors (Lipinski definition) is 5. The zero-order valence-electron chi connectivity index (χ0n) is 13.2. The molecule has 1 aliphatic heterocycles. The molecule has 126 valence electrons. The number of carboxylic acids is 1. The van der Waals surface area contributed by atoms with Gasteiger partial charge in [0.25, 0.3) is 5.91 Å². The van der Waals surface area contributed by atoms with Crippen LogP contribution in [0, 0.1) is 0 Å².